The Morgan fingerprint density at radius 1 is 0.481 bits per heavy atom. The van der Waals surface area contributed by atoms with Crippen molar-refractivity contribution >= 4 is 97.3 Å². The van der Waals surface area contributed by atoms with Gasteiger partial charge in [0, 0.05) is 36.5 Å². The maximum absolute atomic E-state index is 5.40. The third-order valence-corrected chi connectivity index (χ3v) is 12.5. The van der Waals surface area contributed by atoms with Crippen LogP contribution in [-0.4, -0.2) is 10.5 Å². The molecule has 1 aliphatic rings. The number of aliphatic imine (C=N–C) groups is 1. The lowest BCUT2D eigenvalue weighted by molar-refractivity contribution is 0.732. The summed E-state index contributed by atoms with van der Waals surface area (Å²) < 4.78 is 4.95. The number of fused-ring (bicyclic) bond motifs is 12. The molecule has 1 atom stereocenters. The van der Waals surface area contributed by atoms with Gasteiger partial charge in [-0.15, -0.1) is 11.3 Å². The van der Waals surface area contributed by atoms with Crippen molar-refractivity contribution in [2.24, 2.45) is 4.99 Å². The summed E-state index contributed by atoms with van der Waals surface area (Å²) in [5.41, 5.74) is 8.12. The molecule has 0 spiro atoms. The number of nitrogens with zero attached hydrogens (tertiary/aromatic N) is 2. The topological polar surface area (TPSA) is 29.3 Å². The summed E-state index contributed by atoms with van der Waals surface area (Å²) in [6.45, 7) is 0. The van der Waals surface area contributed by atoms with Gasteiger partial charge in [0.15, 0.2) is 0 Å². The lowest BCUT2D eigenvalue weighted by Gasteiger charge is -2.29. The molecule has 0 saturated heterocycles. The number of aromatic nitrogens is 1. The Labute approximate surface area is 315 Å². The Hall–Kier alpha value is -6.75. The van der Waals surface area contributed by atoms with Crippen LogP contribution in [0.2, 0.25) is 0 Å². The van der Waals surface area contributed by atoms with Crippen LogP contribution in [0.1, 0.15) is 17.2 Å². The highest BCUT2D eigenvalue weighted by Crippen LogP contribution is 2.46. The average molecular weight is 706 g/mol. The Kier molecular flexibility index (Phi) is 6.27. The van der Waals surface area contributed by atoms with Crippen LogP contribution in [0, 0.1) is 0 Å². The third-order valence-electron chi connectivity index (χ3n) is 11.4. The molecule has 2 aromatic heterocycles. The smallest absolute Gasteiger partial charge is 0.209 e. The summed E-state index contributed by atoms with van der Waals surface area (Å²) in [6, 6.07) is 64.1. The van der Waals surface area contributed by atoms with Gasteiger partial charge >= 0.3 is 0 Å². The Morgan fingerprint density at radius 3 is 1.81 bits per heavy atom. The Bertz CT molecular complexity index is 3280. The van der Waals surface area contributed by atoms with E-state index in [1.54, 1.807) is 0 Å². The maximum atomic E-state index is 5.40. The van der Waals surface area contributed by atoms with Gasteiger partial charge in [0.05, 0.1) is 22.8 Å². The van der Waals surface area contributed by atoms with Crippen LogP contribution in [0.4, 0.5) is 5.69 Å². The number of nitrogens with one attached hydrogen (secondary N) is 1. The zero-order chi connectivity index (χ0) is 35.3. The van der Waals surface area contributed by atoms with Crippen molar-refractivity contribution in [2.75, 3.05) is 0 Å². The number of benzene rings is 9. The van der Waals surface area contributed by atoms with Crippen molar-refractivity contribution in [3.05, 3.63) is 187 Å². The van der Waals surface area contributed by atoms with Crippen molar-refractivity contribution in [1.29, 1.82) is 0 Å². The third kappa shape index (κ3) is 4.32. The van der Waals surface area contributed by atoms with Gasteiger partial charge in [0.2, 0.25) is 5.96 Å². The van der Waals surface area contributed by atoms with E-state index in [1.807, 2.05) is 11.3 Å². The number of hydrogen-bond donors (Lipinski definition) is 1. The molecule has 12 rings (SSSR count). The van der Waals surface area contributed by atoms with Crippen LogP contribution in [-0.2, 0) is 0 Å². The normalized spacial score (nSPS) is 14.4. The van der Waals surface area contributed by atoms with E-state index in [0.29, 0.717) is 0 Å². The molecule has 252 valence electrons. The summed E-state index contributed by atoms with van der Waals surface area (Å²) in [7, 11) is 0. The predicted molar refractivity (Wildman–Crippen MR) is 231 cm³/mol. The summed E-state index contributed by atoms with van der Waals surface area (Å²) >= 11 is 1.89. The van der Waals surface area contributed by atoms with Crippen LogP contribution < -0.4 is 5.32 Å². The lowest BCUT2D eigenvalue weighted by Crippen LogP contribution is -2.36. The van der Waals surface area contributed by atoms with Gasteiger partial charge in [0.1, 0.15) is 0 Å². The van der Waals surface area contributed by atoms with E-state index in [0.717, 1.165) is 22.7 Å². The highest BCUT2D eigenvalue weighted by Gasteiger charge is 2.28. The number of rotatable bonds is 2. The molecule has 54 heavy (non-hydrogen) atoms. The van der Waals surface area contributed by atoms with Crippen LogP contribution in [0.15, 0.2) is 181 Å². The van der Waals surface area contributed by atoms with Gasteiger partial charge in [-0.2, -0.15) is 0 Å². The van der Waals surface area contributed by atoms with E-state index in [4.69, 9.17) is 4.99 Å². The summed E-state index contributed by atoms with van der Waals surface area (Å²) in [5, 5.41) is 16.7. The second kappa shape index (κ2) is 11.4. The molecule has 3 heterocycles. The quantitative estimate of drug-likeness (QED) is 0.191. The van der Waals surface area contributed by atoms with Gasteiger partial charge in [-0.3, -0.25) is 4.57 Å². The van der Waals surface area contributed by atoms with Gasteiger partial charge in [-0.1, -0.05) is 133 Å². The molecular formula is C50H31N3S. The molecule has 0 fully saturated rings. The highest BCUT2D eigenvalue weighted by atomic mass is 32.1. The van der Waals surface area contributed by atoms with E-state index in [-0.39, 0.29) is 6.04 Å². The lowest BCUT2D eigenvalue weighted by atomic mass is 9.91. The first-order valence-corrected chi connectivity index (χ1v) is 19.3. The van der Waals surface area contributed by atoms with Gasteiger partial charge in [-0.25, -0.2) is 4.99 Å². The Balaban J connectivity index is 1.12. The van der Waals surface area contributed by atoms with Crippen LogP contribution in [0.25, 0.3) is 85.4 Å². The van der Waals surface area contributed by atoms with Gasteiger partial charge in [0.25, 0.3) is 0 Å². The minimum atomic E-state index is -0.127. The molecular weight excluding hydrogens is 675 g/mol. The molecule has 0 bridgehead atoms. The fourth-order valence-corrected chi connectivity index (χ4v) is 10.2. The van der Waals surface area contributed by atoms with E-state index < -0.39 is 0 Å². The summed E-state index contributed by atoms with van der Waals surface area (Å²) in [5.74, 6) is 0.827. The van der Waals surface area contributed by atoms with E-state index >= 15 is 0 Å². The maximum Gasteiger partial charge on any atom is 0.209 e. The summed E-state index contributed by atoms with van der Waals surface area (Å²) in [4.78, 5) is 5.40. The molecule has 9 aromatic carbocycles. The SMILES string of the molecule is c1ccc(-c2cc(C3NC(n4c5ccc6ccccc6c5c5c6ccccc6ccc54)=Nc4ccccc43)cc3sc4cc5ccccc5cc4c23)cc1. The molecule has 0 aliphatic carbocycles. The number of thiophene rings is 1. The minimum absolute atomic E-state index is 0.127. The zero-order valence-electron chi connectivity index (χ0n) is 29.1. The van der Waals surface area contributed by atoms with Crippen LogP contribution >= 0.6 is 11.3 Å². The van der Waals surface area contributed by atoms with E-state index in [9.17, 15) is 0 Å². The highest BCUT2D eigenvalue weighted by molar-refractivity contribution is 7.26. The largest absolute Gasteiger partial charge is 0.344 e. The van der Waals surface area contributed by atoms with Crippen molar-refractivity contribution in [3.63, 3.8) is 0 Å². The first-order valence-electron chi connectivity index (χ1n) is 18.5. The minimum Gasteiger partial charge on any atom is -0.344 e. The second-order valence-electron chi connectivity index (χ2n) is 14.4. The molecule has 4 heteroatoms. The van der Waals surface area contributed by atoms with E-state index in [2.05, 4.69) is 186 Å². The predicted octanol–water partition coefficient (Wildman–Crippen LogP) is 13.5. The molecule has 1 unspecified atom stereocenters. The fraction of sp³-hybridized carbons (Fsp3) is 0.0200. The fourth-order valence-electron chi connectivity index (χ4n) is 8.97. The van der Waals surface area contributed by atoms with E-state index in [1.165, 1.54) is 85.5 Å². The molecule has 3 nitrogen and oxygen atoms in total. The molecule has 0 radical (unpaired) electrons. The molecule has 1 N–H and O–H groups in total. The first kappa shape index (κ1) is 29.8. The second-order valence-corrected chi connectivity index (χ2v) is 15.5. The zero-order valence-corrected chi connectivity index (χ0v) is 29.9. The van der Waals surface area contributed by atoms with Crippen molar-refractivity contribution in [1.82, 2.24) is 9.88 Å². The van der Waals surface area contributed by atoms with Crippen molar-refractivity contribution in [2.45, 2.75) is 6.04 Å². The standard InChI is InChI=1S/C50H31N3S/c1-2-12-30(13-3-1)39-27-35(29-45-46(39)40-26-33-16-4-5-17-34(33)28-44(40)54-45)49-38-20-10-11-21-41(38)51-50(52-49)53-42-24-22-31-14-6-8-18-36(31)47(42)48-37-19-9-7-15-32(37)23-25-43(48)53/h1-29,49H,(H,51,52). The number of para-hydroxylation sites is 1. The molecule has 1 aliphatic heterocycles. The molecule has 0 amide bonds. The van der Waals surface area contributed by atoms with Gasteiger partial charge < -0.3 is 5.32 Å². The Morgan fingerprint density at radius 2 is 1.09 bits per heavy atom. The average Bonchev–Trinajstić information content (AvgIpc) is 3.78. The molecule has 0 saturated carbocycles. The van der Waals surface area contributed by atoms with Gasteiger partial charge in [-0.05, 0) is 91.5 Å². The van der Waals surface area contributed by atoms with Crippen LogP contribution in [0.5, 0.6) is 0 Å². The number of hydrogen-bond acceptors (Lipinski definition) is 3. The van der Waals surface area contributed by atoms with Crippen LogP contribution in [0.3, 0.4) is 0 Å². The summed E-state index contributed by atoms with van der Waals surface area (Å²) in [6.07, 6.45) is 0. The van der Waals surface area contributed by atoms with Crippen molar-refractivity contribution in [3.8, 4) is 11.1 Å². The van der Waals surface area contributed by atoms with Crippen molar-refractivity contribution < 1.29 is 0 Å². The first-order chi connectivity index (χ1) is 26.8. The molecule has 11 aromatic rings. The monoisotopic (exact) mass is 705 g/mol.